The molecule has 1 amide bonds. The van der Waals surface area contributed by atoms with Crippen molar-refractivity contribution in [3.8, 4) is 5.75 Å². The van der Waals surface area contributed by atoms with Crippen molar-refractivity contribution in [1.82, 2.24) is 4.90 Å². The summed E-state index contributed by atoms with van der Waals surface area (Å²) in [4.78, 5) is 12.7. The highest BCUT2D eigenvalue weighted by atomic mass is 19.1. The molecule has 1 aliphatic rings. The zero-order valence-corrected chi connectivity index (χ0v) is 12.3. The molecule has 3 nitrogen and oxygen atoms in total. The maximum absolute atomic E-state index is 13.1. The maximum atomic E-state index is 13.1. The molecule has 0 aliphatic carbocycles. The Morgan fingerprint density at radius 2 is 1.91 bits per heavy atom. The van der Waals surface area contributed by atoms with E-state index in [1.807, 2.05) is 18.2 Å². The van der Waals surface area contributed by atoms with Crippen LogP contribution in [0.1, 0.15) is 16.7 Å². The molecule has 1 heterocycles. The van der Waals surface area contributed by atoms with E-state index in [0.29, 0.717) is 6.61 Å². The third-order valence-corrected chi connectivity index (χ3v) is 3.96. The van der Waals surface area contributed by atoms with Gasteiger partial charge in [-0.15, -0.1) is 0 Å². The zero-order valence-electron chi connectivity index (χ0n) is 12.3. The van der Waals surface area contributed by atoms with Crippen molar-refractivity contribution in [3.05, 3.63) is 65.0 Å². The van der Waals surface area contributed by atoms with Gasteiger partial charge in [-0.2, -0.15) is 0 Å². The van der Waals surface area contributed by atoms with Crippen molar-refractivity contribution in [2.24, 2.45) is 0 Å². The summed E-state index contributed by atoms with van der Waals surface area (Å²) in [7, 11) is 0. The number of amides is 1. The van der Waals surface area contributed by atoms with Gasteiger partial charge in [0, 0.05) is 13.1 Å². The van der Waals surface area contributed by atoms with Crippen LogP contribution in [0.15, 0.2) is 42.5 Å². The molecular weight excluding hydrogens is 281 g/mol. The molecule has 0 spiro atoms. The molecule has 3 rings (SSSR count). The van der Waals surface area contributed by atoms with Gasteiger partial charge in [0.15, 0.2) is 0 Å². The van der Waals surface area contributed by atoms with Gasteiger partial charge >= 0.3 is 0 Å². The van der Waals surface area contributed by atoms with E-state index in [-0.39, 0.29) is 5.82 Å². The number of carbonyl (C=O) groups excluding carboxylic acids is 1. The maximum Gasteiger partial charge on any atom is 0.209 e. The van der Waals surface area contributed by atoms with Gasteiger partial charge in [0.2, 0.25) is 6.41 Å². The van der Waals surface area contributed by atoms with Gasteiger partial charge in [0.25, 0.3) is 0 Å². The molecule has 1 aliphatic heterocycles. The molecule has 0 bridgehead atoms. The number of ether oxygens (including phenoxy) is 1. The second kappa shape index (κ2) is 6.60. The van der Waals surface area contributed by atoms with Crippen LogP contribution in [0, 0.1) is 5.82 Å². The Bertz CT molecular complexity index is 672. The summed E-state index contributed by atoms with van der Waals surface area (Å²) in [5.74, 6) is 0.527. The first-order chi connectivity index (χ1) is 10.7. The van der Waals surface area contributed by atoms with Crippen LogP contribution >= 0.6 is 0 Å². The molecule has 0 N–H and O–H groups in total. The first-order valence-electron chi connectivity index (χ1n) is 7.43. The van der Waals surface area contributed by atoms with Crippen LogP contribution in [0.2, 0.25) is 0 Å². The summed E-state index contributed by atoms with van der Waals surface area (Å²) < 4.78 is 18.9. The van der Waals surface area contributed by atoms with E-state index >= 15 is 0 Å². The van der Waals surface area contributed by atoms with E-state index in [1.165, 1.54) is 23.3 Å². The fourth-order valence-corrected chi connectivity index (χ4v) is 2.71. The van der Waals surface area contributed by atoms with Crippen molar-refractivity contribution in [1.29, 1.82) is 0 Å². The van der Waals surface area contributed by atoms with Gasteiger partial charge in [-0.3, -0.25) is 4.79 Å². The minimum atomic E-state index is -0.253. The Morgan fingerprint density at radius 1 is 1.09 bits per heavy atom. The van der Waals surface area contributed by atoms with Gasteiger partial charge in [-0.05, 0) is 53.8 Å². The fraction of sp³-hybridized carbons (Fsp3) is 0.278. The summed E-state index contributed by atoms with van der Waals surface area (Å²) in [5, 5.41) is 0. The second-order valence-corrected chi connectivity index (χ2v) is 5.49. The number of fused-ring (bicyclic) bond motifs is 1. The summed E-state index contributed by atoms with van der Waals surface area (Å²) in [6.45, 7) is 1.85. The normalized spacial score (nSPS) is 14.1. The number of hydrogen-bond donors (Lipinski definition) is 0. The van der Waals surface area contributed by atoms with Gasteiger partial charge in [0.05, 0.1) is 0 Å². The average molecular weight is 299 g/mol. The van der Waals surface area contributed by atoms with Crippen molar-refractivity contribution in [3.63, 3.8) is 0 Å². The monoisotopic (exact) mass is 299 g/mol. The van der Waals surface area contributed by atoms with Crippen LogP contribution in [-0.2, 0) is 24.2 Å². The number of hydrogen-bond acceptors (Lipinski definition) is 2. The second-order valence-electron chi connectivity index (χ2n) is 5.49. The first kappa shape index (κ1) is 14.6. The largest absolute Gasteiger partial charge is 0.489 e. The number of carbonyl (C=O) groups is 1. The number of nitrogens with zero attached hydrogens (tertiary/aromatic N) is 1. The summed E-state index contributed by atoms with van der Waals surface area (Å²) in [6, 6.07) is 12.5. The zero-order chi connectivity index (χ0) is 15.4. The average Bonchev–Trinajstić information content (AvgIpc) is 2.74. The predicted octanol–water partition coefficient (Wildman–Crippen LogP) is 2.96. The van der Waals surface area contributed by atoms with Crippen LogP contribution in [0.4, 0.5) is 4.39 Å². The molecule has 0 radical (unpaired) electrons. The van der Waals surface area contributed by atoms with Crippen LogP contribution in [0.25, 0.3) is 0 Å². The minimum Gasteiger partial charge on any atom is -0.489 e. The van der Waals surface area contributed by atoms with E-state index in [2.05, 4.69) is 6.07 Å². The molecule has 2 aromatic carbocycles. The van der Waals surface area contributed by atoms with Crippen LogP contribution in [0.3, 0.4) is 0 Å². The highest BCUT2D eigenvalue weighted by molar-refractivity contribution is 5.48. The Hall–Kier alpha value is -2.36. The van der Waals surface area contributed by atoms with E-state index in [1.54, 1.807) is 11.0 Å². The topological polar surface area (TPSA) is 29.5 Å². The van der Waals surface area contributed by atoms with Crippen molar-refractivity contribution < 1.29 is 13.9 Å². The molecule has 4 heteroatoms. The smallest absolute Gasteiger partial charge is 0.209 e. The van der Waals surface area contributed by atoms with E-state index in [4.69, 9.17) is 4.74 Å². The quantitative estimate of drug-likeness (QED) is 0.812. The number of halogens is 1. The highest BCUT2D eigenvalue weighted by Gasteiger charge is 2.13. The summed E-state index contributed by atoms with van der Waals surface area (Å²) in [6.07, 6.45) is 2.62. The Morgan fingerprint density at radius 3 is 2.68 bits per heavy atom. The summed E-state index contributed by atoms with van der Waals surface area (Å²) >= 11 is 0. The number of benzene rings is 2. The lowest BCUT2D eigenvalue weighted by molar-refractivity contribution is -0.118. The van der Waals surface area contributed by atoms with E-state index < -0.39 is 0 Å². The van der Waals surface area contributed by atoms with Gasteiger partial charge in [0.1, 0.15) is 18.2 Å². The van der Waals surface area contributed by atoms with E-state index in [0.717, 1.165) is 43.7 Å². The first-order valence-corrected chi connectivity index (χ1v) is 7.43. The molecule has 0 fully saturated rings. The standard InChI is InChI=1S/C18H18FNO2/c19-17-3-1-2-14(10-17)12-22-18-5-4-15-6-8-20(13-21)9-7-16(15)11-18/h1-5,10-11,13H,6-9,12H2. The molecule has 22 heavy (non-hydrogen) atoms. The Labute approximate surface area is 129 Å². The lowest BCUT2D eigenvalue weighted by Gasteiger charge is -2.12. The third-order valence-electron chi connectivity index (χ3n) is 3.96. The van der Waals surface area contributed by atoms with Gasteiger partial charge in [-0.25, -0.2) is 4.39 Å². The Balaban J connectivity index is 1.69. The van der Waals surface area contributed by atoms with Crippen LogP contribution in [-0.4, -0.2) is 24.4 Å². The summed E-state index contributed by atoms with van der Waals surface area (Å²) in [5.41, 5.74) is 3.30. The molecule has 0 saturated carbocycles. The van der Waals surface area contributed by atoms with Crippen molar-refractivity contribution >= 4 is 6.41 Å². The molecule has 2 aromatic rings. The van der Waals surface area contributed by atoms with E-state index in [9.17, 15) is 9.18 Å². The molecule has 0 unspecified atom stereocenters. The lowest BCUT2D eigenvalue weighted by atomic mass is 10.0. The SMILES string of the molecule is O=CN1CCc2ccc(OCc3cccc(F)c3)cc2CC1. The third kappa shape index (κ3) is 3.45. The van der Waals surface area contributed by atoms with Crippen molar-refractivity contribution in [2.45, 2.75) is 19.4 Å². The molecule has 0 atom stereocenters. The molecular formula is C18H18FNO2. The lowest BCUT2D eigenvalue weighted by Crippen LogP contribution is -2.24. The Kier molecular flexibility index (Phi) is 4.37. The molecule has 114 valence electrons. The van der Waals surface area contributed by atoms with Crippen LogP contribution in [0.5, 0.6) is 5.75 Å². The minimum absolute atomic E-state index is 0.253. The molecule has 0 saturated heterocycles. The van der Waals surface area contributed by atoms with Crippen molar-refractivity contribution in [2.75, 3.05) is 13.1 Å². The highest BCUT2D eigenvalue weighted by Crippen LogP contribution is 2.22. The predicted molar refractivity (Wildman–Crippen MR) is 82.2 cm³/mol. The van der Waals surface area contributed by atoms with Gasteiger partial charge in [-0.1, -0.05) is 18.2 Å². The van der Waals surface area contributed by atoms with Gasteiger partial charge < -0.3 is 9.64 Å². The molecule has 0 aromatic heterocycles. The number of rotatable bonds is 4. The van der Waals surface area contributed by atoms with Crippen LogP contribution < -0.4 is 4.74 Å². The fourth-order valence-electron chi connectivity index (χ4n) is 2.71.